The van der Waals surface area contributed by atoms with Crippen LogP contribution in [0.3, 0.4) is 0 Å². The van der Waals surface area contributed by atoms with Crippen LogP contribution in [0.5, 0.6) is 5.75 Å². The highest BCUT2D eigenvalue weighted by molar-refractivity contribution is 5.85. The van der Waals surface area contributed by atoms with Gasteiger partial charge in [-0.25, -0.2) is 8.78 Å². The van der Waals surface area contributed by atoms with Gasteiger partial charge in [0.1, 0.15) is 12.4 Å². The average Bonchev–Trinajstić information content (AvgIpc) is 2.15. The Morgan fingerprint density at radius 2 is 2.07 bits per heavy atom. The van der Waals surface area contributed by atoms with Gasteiger partial charge < -0.3 is 10.1 Å². The van der Waals surface area contributed by atoms with Crippen LogP contribution < -0.4 is 10.1 Å². The van der Waals surface area contributed by atoms with Gasteiger partial charge >= 0.3 is 0 Å². The maximum Gasteiger partial charge on any atom is 0.272 e. The van der Waals surface area contributed by atoms with Crippen LogP contribution in [-0.4, -0.2) is 20.1 Å². The van der Waals surface area contributed by atoms with Crippen molar-refractivity contribution in [1.82, 2.24) is 0 Å². The molecule has 0 aliphatic rings. The van der Waals surface area contributed by atoms with Crippen molar-refractivity contribution < 1.29 is 13.5 Å². The molecule has 15 heavy (non-hydrogen) atoms. The lowest BCUT2D eigenvalue weighted by molar-refractivity contribution is 0.0816. The fourth-order valence-electron chi connectivity index (χ4n) is 1.12. The molecular weight excluding hydrogens is 224 g/mol. The minimum Gasteiger partial charge on any atom is -0.487 e. The molecule has 0 amide bonds. The van der Waals surface area contributed by atoms with Gasteiger partial charge in [0.25, 0.3) is 6.43 Å². The zero-order chi connectivity index (χ0) is 10.6. The van der Waals surface area contributed by atoms with Crippen molar-refractivity contribution in [1.29, 1.82) is 0 Å². The maximum absolute atomic E-state index is 11.9. The Morgan fingerprint density at radius 1 is 1.40 bits per heavy atom. The lowest BCUT2D eigenvalue weighted by atomic mass is 10.2. The van der Waals surface area contributed by atoms with E-state index in [0.717, 1.165) is 11.3 Å². The molecule has 0 spiro atoms. The largest absolute Gasteiger partial charge is 0.487 e. The first kappa shape index (κ1) is 14.0. The van der Waals surface area contributed by atoms with Crippen LogP contribution in [-0.2, 0) is 0 Å². The van der Waals surface area contributed by atoms with E-state index in [1.165, 1.54) is 0 Å². The summed E-state index contributed by atoms with van der Waals surface area (Å²) in [6, 6.07) is 5.32. The summed E-state index contributed by atoms with van der Waals surface area (Å²) in [4.78, 5) is 0. The molecule has 0 atom stereocenters. The van der Waals surface area contributed by atoms with Crippen molar-refractivity contribution in [3.63, 3.8) is 0 Å². The van der Waals surface area contributed by atoms with E-state index in [4.69, 9.17) is 4.74 Å². The maximum atomic E-state index is 11.9. The van der Waals surface area contributed by atoms with Crippen LogP contribution >= 0.6 is 12.4 Å². The Labute approximate surface area is 94.0 Å². The monoisotopic (exact) mass is 237 g/mol. The van der Waals surface area contributed by atoms with Crippen molar-refractivity contribution in [3.05, 3.63) is 23.8 Å². The molecule has 0 fully saturated rings. The number of anilines is 1. The molecule has 2 nitrogen and oxygen atoms in total. The minimum atomic E-state index is -2.43. The third-order valence-corrected chi connectivity index (χ3v) is 1.83. The quantitative estimate of drug-likeness (QED) is 0.869. The van der Waals surface area contributed by atoms with Gasteiger partial charge in [0, 0.05) is 12.7 Å². The lowest BCUT2D eigenvalue weighted by Gasteiger charge is -2.09. The van der Waals surface area contributed by atoms with Gasteiger partial charge in [0.05, 0.1) is 0 Å². The molecule has 5 heteroatoms. The van der Waals surface area contributed by atoms with Gasteiger partial charge in [-0.3, -0.25) is 0 Å². The lowest BCUT2D eigenvalue weighted by Crippen LogP contribution is -2.07. The molecule has 86 valence electrons. The molecule has 0 aliphatic heterocycles. The van der Waals surface area contributed by atoms with Gasteiger partial charge in [0.2, 0.25) is 0 Å². The van der Waals surface area contributed by atoms with Crippen molar-refractivity contribution in [2.24, 2.45) is 0 Å². The number of halogens is 3. The second kappa shape index (κ2) is 6.45. The molecule has 1 N–H and O–H groups in total. The van der Waals surface area contributed by atoms with E-state index >= 15 is 0 Å². The highest BCUT2D eigenvalue weighted by Crippen LogP contribution is 2.21. The number of ether oxygens (including phenoxy) is 1. The molecule has 1 aromatic rings. The summed E-state index contributed by atoms with van der Waals surface area (Å²) in [5.74, 6) is 0.504. The van der Waals surface area contributed by atoms with Crippen LogP contribution in [0.1, 0.15) is 5.56 Å². The molecule has 0 heterocycles. The minimum absolute atomic E-state index is 0. The number of alkyl halides is 2. The highest BCUT2D eigenvalue weighted by atomic mass is 35.5. The Hall–Kier alpha value is -1.03. The standard InChI is InChI=1S/C10H13F2NO.ClH/c1-7-5-8(13-2)3-4-9(7)14-6-10(11)12;/h3-5,10,13H,6H2,1-2H3;1H. The van der Waals surface area contributed by atoms with Crippen LogP contribution in [0.2, 0.25) is 0 Å². The predicted molar refractivity (Wildman–Crippen MR) is 59.5 cm³/mol. The zero-order valence-corrected chi connectivity index (χ0v) is 9.41. The van der Waals surface area contributed by atoms with E-state index in [1.54, 1.807) is 19.2 Å². The van der Waals surface area contributed by atoms with Crippen LogP contribution in [0.4, 0.5) is 14.5 Å². The number of nitrogens with one attached hydrogen (secondary N) is 1. The van der Waals surface area contributed by atoms with E-state index in [-0.39, 0.29) is 12.4 Å². The third kappa shape index (κ3) is 4.34. The first-order valence-electron chi connectivity index (χ1n) is 4.33. The van der Waals surface area contributed by atoms with Gasteiger partial charge in [-0.1, -0.05) is 0 Å². The summed E-state index contributed by atoms with van der Waals surface area (Å²) >= 11 is 0. The second-order valence-electron chi connectivity index (χ2n) is 2.93. The molecule has 0 aliphatic carbocycles. The number of hydrogen-bond acceptors (Lipinski definition) is 2. The first-order chi connectivity index (χ1) is 6.63. The summed E-state index contributed by atoms with van der Waals surface area (Å²) in [5.41, 5.74) is 1.78. The van der Waals surface area contributed by atoms with E-state index in [1.807, 2.05) is 13.0 Å². The van der Waals surface area contributed by atoms with Crippen molar-refractivity contribution in [2.75, 3.05) is 19.0 Å². The van der Waals surface area contributed by atoms with Gasteiger partial charge in [-0.15, -0.1) is 12.4 Å². The number of rotatable bonds is 4. The Balaban J connectivity index is 0.00000196. The number of benzene rings is 1. The van der Waals surface area contributed by atoms with Gasteiger partial charge in [0.15, 0.2) is 0 Å². The van der Waals surface area contributed by atoms with E-state index in [0.29, 0.717) is 5.75 Å². The highest BCUT2D eigenvalue weighted by Gasteiger charge is 2.05. The van der Waals surface area contributed by atoms with Crippen LogP contribution in [0, 0.1) is 6.92 Å². The first-order valence-corrected chi connectivity index (χ1v) is 4.33. The van der Waals surface area contributed by atoms with Gasteiger partial charge in [-0.2, -0.15) is 0 Å². The number of aryl methyl sites for hydroxylation is 1. The number of hydrogen-bond donors (Lipinski definition) is 1. The third-order valence-electron chi connectivity index (χ3n) is 1.83. The molecule has 0 bridgehead atoms. The molecule has 1 aromatic carbocycles. The average molecular weight is 238 g/mol. The molecule has 1 rings (SSSR count). The normalized spacial score (nSPS) is 9.67. The molecule has 0 radical (unpaired) electrons. The van der Waals surface area contributed by atoms with E-state index in [9.17, 15) is 8.78 Å². The molecular formula is C10H14ClF2NO. The smallest absolute Gasteiger partial charge is 0.272 e. The van der Waals surface area contributed by atoms with Crippen molar-refractivity contribution >= 4 is 18.1 Å². The topological polar surface area (TPSA) is 21.3 Å². The van der Waals surface area contributed by atoms with E-state index in [2.05, 4.69) is 5.32 Å². The summed E-state index contributed by atoms with van der Waals surface area (Å²) < 4.78 is 28.6. The molecule has 0 aromatic heterocycles. The second-order valence-corrected chi connectivity index (χ2v) is 2.93. The molecule has 0 unspecified atom stereocenters. The van der Waals surface area contributed by atoms with E-state index < -0.39 is 13.0 Å². The summed E-state index contributed by atoms with van der Waals surface area (Å²) in [6.45, 7) is 1.27. The molecule has 0 saturated heterocycles. The SMILES string of the molecule is CNc1ccc(OCC(F)F)c(C)c1.Cl. The summed E-state index contributed by atoms with van der Waals surface area (Å²) in [5, 5.41) is 2.96. The summed E-state index contributed by atoms with van der Waals surface area (Å²) in [6.07, 6.45) is -2.43. The van der Waals surface area contributed by atoms with Crippen molar-refractivity contribution in [2.45, 2.75) is 13.3 Å². The zero-order valence-electron chi connectivity index (χ0n) is 8.59. The Morgan fingerprint density at radius 3 is 2.53 bits per heavy atom. The molecule has 0 saturated carbocycles. The summed E-state index contributed by atoms with van der Waals surface area (Å²) in [7, 11) is 1.80. The van der Waals surface area contributed by atoms with Crippen LogP contribution in [0.15, 0.2) is 18.2 Å². The van der Waals surface area contributed by atoms with Crippen LogP contribution in [0.25, 0.3) is 0 Å². The fraction of sp³-hybridized carbons (Fsp3) is 0.400. The predicted octanol–water partition coefficient (Wildman–Crippen LogP) is 3.10. The Bertz CT molecular complexity index is 307. The fourth-order valence-corrected chi connectivity index (χ4v) is 1.12. The van der Waals surface area contributed by atoms with Crippen molar-refractivity contribution in [3.8, 4) is 5.75 Å². The Kier molecular flexibility index (Phi) is 6.01. The van der Waals surface area contributed by atoms with Gasteiger partial charge in [-0.05, 0) is 30.7 Å².